The Bertz CT molecular complexity index is 274. The van der Waals surface area contributed by atoms with Crippen LogP contribution in [-0.4, -0.2) is 30.4 Å². The number of hydrogen-bond donors (Lipinski definition) is 2. The maximum atomic E-state index is 8.91. The lowest BCUT2D eigenvalue weighted by Crippen LogP contribution is -2.60. The Kier molecular flexibility index (Phi) is 3.14. The standard InChI is InChI=1S/C11H15NO2/c13-7-10-11(6-12-10)14-8-9-4-2-1-3-5-9/h1-5,10-13H,6-8H2/t10-,11+/m1/s1. The summed E-state index contributed by atoms with van der Waals surface area (Å²) >= 11 is 0. The van der Waals surface area contributed by atoms with Crippen molar-refractivity contribution in [1.82, 2.24) is 5.32 Å². The molecule has 1 aromatic rings. The fourth-order valence-corrected chi connectivity index (χ4v) is 1.52. The van der Waals surface area contributed by atoms with Gasteiger partial charge in [0.15, 0.2) is 0 Å². The molecule has 2 atom stereocenters. The summed E-state index contributed by atoms with van der Waals surface area (Å²) in [5, 5.41) is 12.0. The van der Waals surface area contributed by atoms with E-state index in [0.717, 1.165) is 6.54 Å². The van der Waals surface area contributed by atoms with Crippen molar-refractivity contribution in [2.24, 2.45) is 0 Å². The van der Waals surface area contributed by atoms with Crippen LogP contribution in [0.4, 0.5) is 0 Å². The second kappa shape index (κ2) is 4.55. The summed E-state index contributed by atoms with van der Waals surface area (Å²) in [6, 6.07) is 10.2. The molecule has 2 rings (SSSR count). The topological polar surface area (TPSA) is 41.5 Å². The van der Waals surface area contributed by atoms with E-state index in [1.807, 2.05) is 30.3 Å². The molecule has 0 aromatic heterocycles. The van der Waals surface area contributed by atoms with Crippen molar-refractivity contribution in [3.8, 4) is 0 Å². The van der Waals surface area contributed by atoms with Gasteiger partial charge < -0.3 is 15.2 Å². The van der Waals surface area contributed by atoms with Crippen molar-refractivity contribution in [2.75, 3.05) is 13.2 Å². The number of rotatable bonds is 4. The fraction of sp³-hybridized carbons (Fsp3) is 0.455. The first kappa shape index (κ1) is 9.65. The van der Waals surface area contributed by atoms with Crippen molar-refractivity contribution >= 4 is 0 Å². The van der Waals surface area contributed by atoms with Gasteiger partial charge in [0.25, 0.3) is 0 Å². The molecular formula is C11H15NO2. The van der Waals surface area contributed by atoms with Crippen molar-refractivity contribution in [2.45, 2.75) is 18.8 Å². The molecule has 76 valence electrons. The van der Waals surface area contributed by atoms with Gasteiger partial charge in [0, 0.05) is 6.54 Å². The molecule has 0 saturated carbocycles. The number of nitrogens with one attached hydrogen (secondary N) is 1. The van der Waals surface area contributed by atoms with E-state index in [4.69, 9.17) is 9.84 Å². The number of benzene rings is 1. The van der Waals surface area contributed by atoms with E-state index in [2.05, 4.69) is 5.32 Å². The highest BCUT2D eigenvalue weighted by Gasteiger charge is 2.29. The lowest BCUT2D eigenvalue weighted by molar-refractivity contribution is -0.0431. The van der Waals surface area contributed by atoms with E-state index in [9.17, 15) is 0 Å². The van der Waals surface area contributed by atoms with Gasteiger partial charge in [-0.3, -0.25) is 0 Å². The van der Waals surface area contributed by atoms with Crippen LogP contribution in [0.1, 0.15) is 5.56 Å². The predicted octanol–water partition coefficient (Wildman–Crippen LogP) is 0.536. The SMILES string of the molecule is OC[C@H]1NC[C@@H]1OCc1ccccc1. The van der Waals surface area contributed by atoms with E-state index in [1.165, 1.54) is 5.56 Å². The minimum atomic E-state index is 0.124. The molecule has 3 heteroatoms. The lowest BCUT2D eigenvalue weighted by Gasteiger charge is -2.36. The number of aliphatic hydroxyl groups excluding tert-OH is 1. The monoisotopic (exact) mass is 193 g/mol. The molecule has 0 amide bonds. The van der Waals surface area contributed by atoms with E-state index >= 15 is 0 Å². The zero-order valence-electron chi connectivity index (χ0n) is 8.02. The second-order valence-corrected chi connectivity index (χ2v) is 3.53. The minimum Gasteiger partial charge on any atom is -0.395 e. The summed E-state index contributed by atoms with van der Waals surface area (Å²) in [4.78, 5) is 0. The van der Waals surface area contributed by atoms with Gasteiger partial charge in [-0.2, -0.15) is 0 Å². The van der Waals surface area contributed by atoms with E-state index in [-0.39, 0.29) is 18.8 Å². The van der Waals surface area contributed by atoms with Crippen LogP contribution >= 0.6 is 0 Å². The Labute approximate surface area is 83.7 Å². The van der Waals surface area contributed by atoms with Crippen molar-refractivity contribution in [3.63, 3.8) is 0 Å². The Morgan fingerprint density at radius 3 is 2.71 bits per heavy atom. The summed E-state index contributed by atoms with van der Waals surface area (Å²) in [5.74, 6) is 0. The van der Waals surface area contributed by atoms with Crippen LogP contribution < -0.4 is 5.32 Å². The molecule has 1 aromatic carbocycles. The zero-order chi connectivity index (χ0) is 9.80. The summed E-state index contributed by atoms with van der Waals surface area (Å²) < 4.78 is 5.64. The largest absolute Gasteiger partial charge is 0.395 e. The van der Waals surface area contributed by atoms with Gasteiger partial charge in [0.2, 0.25) is 0 Å². The van der Waals surface area contributed by atoms with Crippen LogP contribution in [0.5, 0.6) is 0 Å². The lowest BCUT2D eigenvalue weighted by atomic mass is 10.0. The van der Waals surface area contributed by atoms with E-state index < -0.39 is 0 Å². The molecule has 14 heavy (non-hydrogen) atoms. The summed E-state index contributed by atoms with van der Waals surface area (Å²) in [7, 11) is 0. The third-order valence-corrected chi connectivity index (χ3v) is 2.53. The molecule has 0 unspecified atom stereocenters. The quantitative estimate of drug-likeness (QED) is 0.733. The zero-order valence-corrected chi connectivity index (χ0v) is 8.02. The number of ether oxygens (including phenoxy) is 1. The molecule has 1 aliphatic rings. The first-order valence-corrected chi connectivity index (χ1v) is 4.90. The van der Waals surface area contributed by atoms with Crippen LogP contribution in [0.15, 0.2) is 30.3 Å². The van der Waals surface area contributed by atoms with Crippen LogP contribution in [0.3, 0.4) is 0 Å². The Morgan fingerprint density at radius 1 is 1.36 bits per heavy atom. The van der Waals surface area contributed by atoms with Gasteiger partial charge in [-0.15, -0.1) is 0 Å². The van der Waals surface area contributed by atoms with E-state index in [1.54, 1.807) is 0 Å². The number of aliphatic hydroxyl groups is 1. The van der Waals surface area contributed by atoms with Crippen molar-refractivity contribution in [3.05, 3.63) is 35.9 Å². The highest BCUT2D eigenvalue weighted by Crippen LogP contribution is 2.11. The summed E-state index contributed by atoms with van der Waals surface area (Å²) in [5.41, 5.74) is 1.18. The molecule has 3 nitrogen and oxygen atoms in total. The first-order chi connectivity index (χ1) is 6.90. The van der Waals surface area contributed by atoms with Gasteiger partial charge in [-0.25, -0.2) is 0 Å². The van der Waals surface area contributed by atoms with E-state index in [0.29, 0.717) is 6.61 Å². The summed E-state index contributed by atoms with van der Waals surface area (Å²) in [6.07, 6.45) is 0.167. The Morgan fingerprint density at radius 2 is 2.14 bits per heavy atom. The molecule has 1 saturated heterocycles. The molecule has 1 aliphatic heterocycles. The van der Waals surface area contributed by atoms with Crippen LogP contribution in [0.25, 0.3) is 0 Å². The van der Waals surface area contributed by atoms with Crippen LogP contribution in [0, 0.1) is 0 Å². The normalized spacial score (nSPS) is 25.8. The molecular weight excluding hydrogens is 178 g/mol. The van der Waals surface area contributed by atoms with Gasteiger partial charge in [0.1, 0.15) is 0 Å². The van der Waals surface area contributed by atoms with Crippen LogP contribution in [-0.2, 0) is 11.3 Å². The van der Waals surface area contributed by atoms with Gasteiger partial charge in [-0.1, -0.05) is 30.3 Å². The Balaban J connectivity index is 1.78. The third-order valence-electron chi connectivity index (χ3n) is 2.53. The molecule has 0 aliphatic carbocycles. The maximum Gasteiger partial charge on any atom is 0.0879 e. The average molecular weight is 193 g/mol. The van der Waals surface area contributed by atoms with Gasteiger partial charge >= 0.3 is 0 Å². The van der Waals surface area contributed by atoms with Crippen molar-refractivity contribution < 1.29 is 9.84 Å². The van der Waals surface area contributed by atoms with Gasteiger partial charge in [-0.05, 0) is 5.56 Å². The highest BCUT2D eigenvalue weighted by atomic mass is 16.5. The number of hydrogen-bond acceptors (Lipinski definition) is 3. The molecule has 0 radical (unpaired) electrons. The first-order valence-electron chi connectivity index (χ1n) is 4.90. The smallest absolute Gasteiger partial charge is 0.0879 e. The fourth-order valence-electron chi connectivity index (χ4n) is 1.52. The predicted molar refractivity (Wildman–Crippen MR) is 53.9 cm³/mol. The second-order valence-electron chi connectivity index (χ2n) is 3.53. The Hall–Kier alpha value is -0.900. The highest BCUT2D eigenvalue weighted by molar-refractivity contribution is 5.13. The minimum absolute atomic E-state index is 0.124. The van der Waals surface area contributed by atoms with Gasteiger partial charge in [0.05, 0.1) is 25.4 Å². The summed E-state index contributed by atoms with van der Waals surface area (Å²) in [6.45, 7) is 1.63. The molecule has 2 N–H and O–H groups in total. The molecule has 1 heterocycles. The third kappa shape index (κ3) is 2.12. The molecule has 0 bridgehead atoms. The molecule has 1 fully saturated rings. The molecule has 0 spiro atoms. The maximum absolute atomic E-state index is 8.91. The average Bonchev–Trinajstić information content (AvgIpc) is 2.19. The van der Waals surface area contributed by atoms with Crippen molar-refractivity contribution in [1.29, 1.82) is 0 Å². The van der Waals surface area contributed by atoms with Crippen LogP contribution in [0.2, 0.25) is 0 Å².